The Hall–Kier alpha value is -4.58. The molecule has 3 N–H and O–H groups in total. The third-order valence-corrected chi connectivity index (χ3v) is 11.6. The van der Waals surface area contributed by atoms with Crippen molar-refractivity contribution in [2.24, 2.45) is 35.8 Å². The first-order valence-electron chi connectivity index (χ1n) is 17.3. The van der Waals surface area contributed by atoms with Gasteiger partial charge in [0.15, 0.2) is 23.3 Å². The van der Waals surface area contributed by atoms with Crippen LogP contribution in [0.5, 0.6) is 0 Å². The minimum Gasteiger partial charge on any atom is -0.353 e. The number of rotatable bonds is 8. The van der Waals surface area contributed by atoms with Crippen molar-refractivity contribution in [3.05, 3.63) is 48.8 Å². The molecule has 0 aliphatic carbocycles. The van der Waals surface area contributed by atoms with E-state index >= 15 is 0 Å². The number of anilines is 6. The Balaban J connectivity index is 0.000000164. The van der Waals surface area contributed by atoms with E-state index in [0.29, 0.717) is 43.6 Å². The van der Waals surface area contributed by atoms with E-state index in [0.717, 1.165) is 38.1 Å². The smallest absolute Gasteiger partial charge is 0.251 e. The average molecular weight is 727 g/mol. The van der Waals surface area contributed by atoms with Gasteiger partial charge in [-0.3, -0.25) is 14.3 Å². The van der Waals surface area contributed by atoms with Gasteiger partial charge >= 0.3 is 0 Å². The number of halogens is 4. The molecule has 4 aliphatic rings. The van der Waals surface area contributed by atoms with Crippen LogP contribution in [0.2, 0.25) is 0 Å². The maximum Gasteiger partial charge on any atom is 0.251 e. The summed E-state index contributed by atoms with van der Waals surface area (Å²) >= 11 is 0. The van der Waals surface area contributed by atoms with E-state index in [1.54, 1.807) is 35.0 Å². The molecule has 4 fully saturated rings. The topological polar surface area (TPSA) is 133 Å². The van der Waals surface area contributed by atoms with Crippen LogP contribution in [0.15, 0.2) is 37.2 Å². The molecule has 0 radical (unpaired) electrons. The predicted molar refractivity (Wildman–Crippen MR) is 189 cm³/mol. The Morgan fingerprint density at radius 1 is 0.673 bits per heavy atom. The van der Waals surface area contributed by atoms with Gasteiger partial charge in [-0.1, -0.05) is 27.7 Å². The van der Waals surface area contributed by atoms with Crippen LogP contribution >= 0.6 is 0 Å². The lowest BCUT2D eigenvalue weighted by atomic mass is 9.71. The Morgan fingerprint density at radius 3 is 1.48 bits per heavy atom. The standard InChI is InChI=1S/C18H24F3N7.C16H22FN7/c1-17-8-27(7-14(20)21)9-18(17,2)11-28(10-17)15-13(19)5-22-16(25-15)24-12-4-23-26(3)6-12;1-15-7-18-8-16(15,2)10-24(9-15)13-12(17)5-19-14(22-13)21-11-4-20-23(3)6-11/h4-6,14H,7-11H2,1-3H3,(H,22,24,25);4-6,18H,7-10H2,1-3H3,(H,19,21,22)/t17-,18+;15-,16+. The first-order valence-corrected chi connectivity index (χ1v) is 17.3. The predicted octanol–water partition coefficient (Wildman–Crippen LogP) is 4.03. The summed E-state index contributed by atoms with van der Waals surface area (Å²) in [5.74, 6) is 0.396. The van der Waals surface area contributed by atoms with Crippen molar-refractivity contribution >= 4 is 34.9 Å². The van der Waals surface area contributed by atoms with Crippen molar-refractivity contribution in [1.82, 2.24) is 49.7 Å². The molecule has 0 amide bonds. The van der Waals surface area contributed by atoms with Crippen molar-refractivity contribution in [2.75, 3.05) is 79.3 Å². The fourth-order valence-electron chi connectivity index (χ4n) is 8.37. The van der Waals surface area contributed by atoms with Crippen LogP contribution in [0.3, 0.4) is 0 Å². The summed E-state index contributed by atoms with van der Waals surface area (Å²) < 4.78 is 57.8. The van der Waals surface area contributed by atoms with Crippen LogP contribution in [0.1, 0.15) is 27.7 Å². The summed E-state index contributed by atoms with van der Waals surface area (Å²) in [6, 6.07) is 0. The highest BCUT2D eigenvalue weighted by Crippen LogP contribution is 2.53. The highest BCUT2D eigenvalue weighted by Gasteiger charge is 2.58. The van der Waals surface area contributed by atoms with E-state index in [-0.39, 0.29) is 45.8 Å². The number of alkyl halides is 2. The van der Waals surface area contributed by atoms with E-state index in [1.165, 1.54) is 6.20 Å². The van der Waals surface area contributed by atoms with Crippen LogP contribution < -0.4 is 25.8 Å². The summed E-state index contributed by atoms with van der Waals surface area (Å²) in [6.45, 7) is 14.2. The third-order valence-electron chi connectivity index (χ3n) is 11.6. The largest absolute Gasteiger partial charge is 0.353 e. The van der Waals surface area contributed by atoms with Crippen molar-refractivity contribution in [1.29, 1.82) is 0 Å². The van der Waals surface area contributed by atoms with Crippen LogP contribution in [-0.2, 0) is 14.1 Å². The Bertz CT molecular complexity index is 1880. The molecule has 0 unspecified atom stereocenters. The quantitative estimate of drug-likeness (QED) is 0.227. The molecule has 0 spiro atoms. The number of hydrogen-bond donors (Lipinski definition) is 3. The Kier molecular flexibility index (Phi) is 9.04. The summed E-state index contributed by atoms with van der Waals surface area (Å²) in [4.78, 5) is 22.6. The molecule has 4 atom stereocenters. The normalized spacial score (nSPS) is 28.3. The second-order valence-corrected chi connectivity index (χ2v) is 15.9. The molecule has 0 saturated carbocycles. The second-order valence-electron chi connectivity index (χ2n) is 15.9. The second kappa shape index (κ2) is 13.1. The molecule has 280 valence electrons. The zero-order chi connectivity index (χ0) is 37.1. The number of nitrogens with zero attached hydrogens (tertiary/aromatic N) is 11. The molecule has 4 aliphatic heterocycles. The monoisotopic (exact) mass is 726 g/mol. The summed E-state index contributed by atoms with van der Waals surface area (Å²) in [7, 11) is 3.63. The van der Waals surface area contributed by atoms with Gasteiger partial charge in [0.25, 0.3) is 6.43 Å². The molecule has 18 heteroatoms. The lowest BCUT2D eigenvalue weighted by Crippen LogP contribution is -2.35. The first-order chi connectivity index (χ1) is 24.6. The maximum absolute atomic E-state index is 14.5. The van der Waals surface area contributed by atoms with Crippen LogP contribution in [-0.4, -0.2) is 110 Å². The molecule has 0 aromatic carbocycles. The molecule has 4 saturated heterocycles. The number of aryl methyl sites for hydroxylation is 2. The zero-order valence-electron chi connectivity index (χ0n) is 30.3. The Morgan fingerprint density at radius 2 is 1.10 bits per heavy atom. The number of aromatic nitrogens is 8. The van der Waals surface area contributed by atoms with Crippen LogP contribution in [0.4, 0.5) is 52.5 Å². The molecule has 8 heterocycles. The van der Waals surface area contributed by atoms with Crippen molar-refractivity contribution in [3.63, 3.8) is 0 Å². The van der Waals surface area contributed by atoms with Crippen molar-refractivity contribution in [2.45, 2.75) is 34.1 Å². The summed E-state index contributed by atoms with van der Waals surface area (Å²) in [5, 5.41) is 17.7. The summed E-state index contributed by atoms with van der Waals surface area (Å²) in [5.41, 5.74) is 1.31. The fraction of sp³-hybridized carbons (Fsp3) is 0.588. The van der Waals surface area contributed by atoms with Gasteiger partial charge in [0, 0.05) is 101 Å². The van der Waals surface area contributed by atoms with Gasteiger partial charge in [0.2, 0.25) is 11.9 Å². The number of likely N-dealkylation sites (tertiary alicyclic amines) is 1. The maximum atomic E-state index is 14.5. The third kappa shape index (κ3) is 6.73. The molecule has 0 bridgehead atoms. The van der Waals surface area contributed by atoms with Crippen LogP contribution in [0.25, 0.3) is 0 Å². The van der Waals surface area contributed by atoms with Crippen molar-refractivity contribution < 1.29 is 17.6 Å². The first kappa shape index (κ1) is 35.8. The molecule has 8 rings (SSSR count). The molecule has 4 aromatic heterocycles. The number of hydrogen-bond acceptors (Lipinski definition) is 12. The van der Waals surface area contributed by atoms with E-state index in [9.17, 15) is 17.6 Å². The van der Waals surface area contributed by atoms with Gasteiger partial charge in [-0.05, 0) is 0 Å². The average Bonchev–Trinajstić information content (AvgIpc) is 3.87. The fourth-order valence-corrected chi connectivity index (χ4v) is 8.37. The lowest BCUT2D eigenvalue weighted by molar-refractivity contribution is 0.0932. The van der Waals surface area contributed by atoms with Gasteiger partial charge in [-0.25, -0.2) is 27.5 Å². The van der Waals surface area contributed by atoms with Gasteiger partial charge in [-0.2, -0.15) is 20.2 Å². The lowest BCUT2D eigenvalue weighted by Gasteiger charge is -2.30. The van der Waals surface area contributed by atoms with Gasteiger partial charge in [0.1, 0.15) is 0 Å². The van der Waals surface area contributed by atoms with Crippen molar-refractivity contribution in [3.8, 4) is 0 Å². The molecular weight excluding hydrogens is 680 g/mol. The van der Waals surface area contributed by atoms with Gasteiger partial charge in [0.05, 0.1) is 42.7 Å². The van der Waals surface area contributed by atoms with E-state index in [4.69, 9.17) is 0 Å². The highest BCUT2D eigenvalue weighted by molar-refractivity contribution is 5.55. The van der Waals surface area contributed by atoms with E-state index < -0.39 is 12.2 Å². The van der Waals surface area contributed by atoms with Gasteiger partial charge in [-0.15, -0.1) is 0 Å². The van der Waals surface area contributed by atoms with Gasteiger partial charge < -0.3 is 25.8 Å². The van der Waals surface area contributed by atoms with E-state index in [1.807, 2.05) is 27.9 Å². The summed E-state index contributed by atoms with van der Waals surface area (Å²) in [6.07, 6.45) is 6.95. The highest BCUT2D eigenvalue weighted by atomic mass is 19.3. The zero-order valence-corrected chi connectivity index (χ0v) is 30.3. The molecular formula is C34H46F4N14. The minimum absolute atomic E-state index is 0.126. The minimum atomic E-state index is -2.34. The van der Waals surface area contributed by atoms with Crippen LogP contribution in [0, 0.1) is 33.3 Å². The molecule has 52 heavy (non-hydrogen) atoms. The number of nitrogens with one attached hydrogen (secondary N) is 3. The Labute approximate surface area is 300 Å². The number of fused-ring (bicyclic) bond motifs is 2. The molecule has 14 nitrogen and oxygen atoms in total. The molecule has 4 aromatic rings. The SMILES string of the molecule is Cn1cc(Nc2ncc(F)c(N3C[C@]4(C)CN(CC(F)F)C[C@]4(C)C3)n2)cn1.Cn1cc(Nc2ncc(F)c(N3C[C@]4(C)CNC[C@]4(C)C3)n2)cn1. The van der Waals surface area contributed by atoms with E-state index in [2.05, 4.69) is 73.8 Å².